The number of anilines is 1. The molecule has 8 nitrogen and oxygen atoms in total. The van der Waals surface area contributed by atoms with Crippen LogP contribution in [0, 0.1) is 23.6 Å². The van der Waals surface area contributed by atoms with E-state index in [9.17, 15) is 12.8 Å². The van der Waals surface area contributed by atoms with Gasteiger partial charge in [-0.25, -0.2) is 22.8 Å². The smallest absolute Gasteiger partial charge is 0.225 e. The number of sulfone groups is 1. The van der Waals surface area contributed by atoms with Crippen LogP contribution in [0.4, 0.5) is 10.3 Å². The third-order valence-corrected chi connectivity index (χ3v) is 8.92. The van der Waals surface area contributed by atoms with Crippen LogP contribution in [-0.2, 0) is 21.2 Å². The minimum Gasteiger partial charge on any atom is -0.472 e. The highest BCUT2D eigenvalue weighted by Gasteiger charge is 2.43. The van der Waals surface area contributed by atoms with Gasteiger partial charge in [-0.2, -0.15) is 0 Å². The van der Waals surface area contributed by atoms with Crippen LogP contribution in [0.5, 0.6) is 0 Å². The third-order valence-electron chi connectivity index (χ3n) is 7.23. The molecule has 1 N–H and O–H groups in total. The molecule has 1 aromatic carbocycles. The van der Waals surface area contributed by atoms with Gasteiger partial charge in [0.05, 0.1) is 43.0 Å². The topological polar surface area (TPSA) is 106 Å². The number of furan rings is 1. The molecule has 0 unspecified atom stereocenters. The second kappa shape index (κ2) is 10.7. The molecule has 3 heterocycles. The number of nitrogens with zero attached hydrogens (tertiary/aromatic N) is 3. The molecule has 10 heteroatoms. The number of halogens is 1. The minimum absolute atomic E-state index is 0.111. The second-order valence-electron chi connectivity index (χ2n) is 9.58. The summed E-state index contributed by atoms with van der Waals surface area (Å²) in [7, 11) is -3.67. The van der Waals surface area contributed by atoms with Gasteiger partial charge in [0.2, 0.25) is 5.95 Å². The van der Waals surface area contributed by atoms with Gasteiger partial charge in [-0.05, 0) is 55.2 Å². The number of rotatable bonds is 10. The summed E-state index contributed by atoms with van der Waals surface area (Å²) in [6, 6.07) is 5.71. The Balaban J connectivity index is 1.05. The average molecular weight is 516 g/mol. The maximum atomic E-state index is 14.4. The lowest BCUT2D eigenvalue weighted by molar-refractivity contribution is 0.102. The van der Waals surface area contributed by atoms with Crippen molar-refractivity contribution in [3.05, 3.63) is 60.6 Å². The van der Waals surface area contributed by atoms with Crippen molar-refractivity contribution < 1.29 is 27.1 Å². The van der Waals surface area contributed by atoms with E-state index in [2.05, 4.69) is 14.9 Å². The van der Waals surface area contributed by atoms with E-state index >= 15 is 0 Å². The summed E-state index contributed by atoms with van der Waals surface area (Å²) in [5.41, 5.74) is 2.24. The van der Waals surface area contributed by atoms with E-state index < -0.39 is 28.0 Å². The number of aliphatic hydroxyl groups is 1. The first-order valence-corrected chi connectivity index (χ1v) is 13.9. The number of aliphatic hydroxyl groups excluding tert-OH is 1. The Morgan fingerprint density at radius 3 is 2.58 bits per heavy atom. The molecule has 1 saturated carbocycles. The Morgan fingerprint density at radius 1 is 1.14 bits per heavy atom. The van der Waals surface area contributed by atoms with Crippen LogP contribution >= 0.6 is 0 Å². The van der Waals surface area contributed by atoms with Gasteiger partial charge in [0, 0.05) is 42.2 Å². The number of benzene rings is 1. The van der Waals surface area contributed by atoms with E-state index in [-0.39, 0.29) is 11.5 Å². The largest absolute Gasteiger partial charge is 0.472 e. The Morgan fingerprint density at radius 2 is 1.92 bits per heavy atom. The number of hydrogen-bond acceptors (Lipinski definition) is 8. The fourth-order valence-electron chi connectivity index (χ4n) is 5.03. The van der Waals surface area contributed by atoms with Gasteiger partial charge in [-0.1, -0.05) is 6.07 Å². The maximum Gasteiger partial charge on any atom is 0.225 e. The Kier molecular flexibility index (Phi) is 7.36. The van der Waals surface area contributed by atoms with Crippen molar-refractivity contribution in [2.75, 3.05) is 37.0 Å². The van der Waals surface area contributed by atoms with Gasteiger partial charge >= 0.3 is 0 Å². The molecule has 1 aliphatic heterocycles. The second-order valence-corrected chi connectivity index (χ2v) is 11.7. The van der Waals surface area contributed by atoms with Crippen molar-refractivity contribution in [2.24, 2.45) is 17.8 Å². The van der Waals surface area contributed by atoms with E-state index in [1.54, 1.807) is 12.5 Å². The average Bonchev–Trinajstić information content (AvgIpc) is 3.44. The fourth-order valence-corrected chi connectivity index (χ4v) is 6.06. The Bertz CT molecular complexity index is 1260. The zero-order valence-corrected chi connectivity index (χ0v) is 20.7. The van der Waals surface area contributed by atoms with E-state index in [1.165, 1.54) is 12.1 Å². The highest BCUT2D eigenvalue weighted by molar-refractivity contribution is 7.91. The molecule has 0 spiro atoms. The molecule has 0 radical (unpaired) electrons. The molecule has 1 saturated heterocycles. The monoisotopic (exact) mass is 515 g/mol. The molecule has 2 fully saturated rings. The first-order valence-electron chi connectivity index (χ1n) is 12.2. The van der Waals surface area contributed by atoms with E-state index in [0.717, 1.165) is 55.5 Å². The predicted molar refractivity (Wildman–Crippen MR) is 131 cm³/mol. The van der Waals surface area contributed by atoms with Crippen molar-refractivity contribution in [1.82, 2.24) is 9.97 Å². The molecule has 2 aliphatic rings. The van der Waals surface area contributed by atoms with Crippen LogP contribution in [0.1, 0.15) is 24.8 Å². The van der Waals surface area contributed by atoms with Gasteiger partial charge in [0.25, 0.3) is 0 Å². The fraction of sp³-hybridized carbons (Fsp3) is 0.462. The van der Waals surface area contributed by atoms with Gasteiger partial charge in [0.15, 0.2) is 9.84 Å². The first-order chi connectivity index (χ1) is 17.4. The lowest BCUT2D eigenvalue weighted by Gasteiger charge is -2.32. The summed E-state index contributed by atoms with van der Waals surface area (Å²) in [6.45, 7) is 2.05. The summed E-state index contributed by atoms with van der Waals surface area (Å²) in [4.78, 5) is 11.2. The summed E-state index contributed by atoms with van der Waals surface area (Å²) in [5, 5.41) is 8.88. The van der Waals surface area contributed by atoms with Crippen LogP contribution in [-0.4, -0.2) is 55.5 Å². The standard InChI is InChI=1S/C26H30FN3O5S/c27-25-12-23(36(32,33)10-8-31)2-1-20(25)16-35-17-21-11-24(21)18-3-6-30(7-4-18)26-28-13-22(14-29-26)19-5-9-34-15-19/h1-2,5,9,12-15,18,21,24,31H,3-4,6-8,10-11,16-17H2/t21-,24+/m0/s1. The van der Waals surface area contributed by atoms with Gasteiger partial charge in [-0.3, -0.25) is 0 Å². The van der Waals surface area contributed by atoms with Crippen LogP contribution in [0.25, 0.3) is 11.1 Å². The van der Waals surface area contributed by atoms with Crippen LogP contribution in [0.15, 0.2) is 58.5 Å². The number of piperidine rings is 1. The zero-order chi connectivity index (χ0) is 25.1. The molecule has 1 aliphatic carbocycles. The summed E-state index contributed by atoms with van der Waals surface area (Å²) >= 11 is 0. The molecule has 5 rings (SSSR count). The SMILES string of the molecule is O=S(=O)(CCO)c1ccc(COC[C@@H]2C[C@@H]2C2CCN(c3ncc(-c4ccoc4)cn3)CC2)c(F)c1. The molecule has 3 aromatic rings. The molecule has 0 amide bonds. The lowest BCUT2D eigenvalue weighted by atomic mass is 9.91. The molecule has 0 bridgehead atoms. The number of ether oxygens (including phenoxy) is 1. The van der Waals surface area contributed by atoms with Crippen LogP contribution < -0.4 is 4.90 Å². The molecular formula is C26H30FN3O5S. The van der Waals surface area contributed by atoms with Crippen LogP contribution in [0.3, 0.4) is 0 Å². The molecule has 2 aromatic heterocycles. The number of aromatic nitrogens is 2. The molecule has 2 atom stereocenters. The first kappa shape index (κ1) is 24.9. The molecular weight excluding hydrogens is 485 g/mol. The Labute approximate surface area is 210 Å². The van der Waals surface area contributed by atoms with E-state index in [1.807, 2.05) is 18.5 Å². The van der Waals surface area contributed by atoms with E-state index in [4.69, 9.17) is 14.3 Å². The zero-order valence-electron chi connectivity index (χ0n) is 19.9. The maximum absolute atomic E-state index is 14.4. The van der Waals surface area contributed by atoms with Crippen LogP contribution in [0.2, 0.25) is 0 Å². The summed E-state index contributed by atoms with van der Waals surface area (Å²) < 4.78 is 49.2. The summed E-state index contributed by atoms with van der Waals surface area (Å²) in [5.74, 6) is 1.50. The number of hydrogen-bond donors (Lipinski definition) is 1. The highest BCUT2D eigenvalue weighted by atomic mass is 32.2. The van der Waals surface area contributed by atoms with Crippen molar-refractivity contribution in [1.29, 1.82) is 0 Å². The van der Waals surface area contributed by atoms with Crippen molar-refractivity contribution in [3.63, 3.8) is 0 Å². The Hall–Kier alpha value is -2.82. The van der Waals surface area contributed by atoms with E-state index in [0.29, 0.717) is 29.9 Å². The highest BCUT2D eigenvalue weighted by Crippen LogP contribution is 2.48. The molecule has 192 valence electrons. The molecule has 36 heavy (non-hydrogen) atoms. The normalized spacial score (nSPS) is 20.6. The quantitative estimate of drug-likeness (QED) is 0.436. The van der Waals surface area contributed by atoms with Crippen molar-refractivity contribution in [3.8, 4) is 11.1 Å². The van der Waals surface area contributed by atoms with Crippen molar-refractivity contribution in [2.45, 2.75) is 30.8 Å². The minimum atomic E-state index is -3.67. The van der Waals surface area contributed by atoms with Gasteiger partial charge < -0.3 is 19.2 Å². The van der Waals surface area contributed by atoms with Crippen molar-refractivity contribution >= 4 is 15.8 Å². The summed E-state index contributed by atoms with van der Waals surface area (Å²) in [6.07, 6.45) is 10.3. The van der Waals surface area contributed by atoms with Gasteiger partial charge in [0.1, 0.15) is 5.82 Å². The lowest BCUT2D eigenvalue weighted by Crippen LogP contribution is -2.35. The predicted octanol–water partition coefficient (Wildman–Crippen LogP) is 3.71. The van der Waals surface area contributed by atoms with Gasteiger partial charge in [-0.15, -0.1) is 0 Å². The third kappa shape index (κ3) is 5.61.